The van der Waals surface area contributed by atoms with E-state index in [1.165, 1.54) is 0 Å². The van der Waals surface area contributed by atoms with Crippen LogP contribution in [-0.2, 0) is 5.41 Å². The Labute approximate surface area is 103 Å². The zero-order valence-corrected chi connectivity index (χ0v) is 11.0. The molecule has 0 radical (unpaired) electrons. The molecule has 2 heterocycles. The van der Waals surface area contributed by atoms with Crippen molar-refractivity contribution in [2.45, 2.75) is 26.2 Å². The minimum Gasteiger partial charge on any atom is -0.314 e. The summed E-state index contributed by atoms with van der Waals surface area (Å²) in [5, 5.41) is 3.38. The van der Waals surface area contributed by atoms with E-state index in [1.54, 1.807) is 0 Å². The number of nitrogens with zero attached hydrogens (tertiary/aromatic N) is 3. The van der Waals surface area contributed by atoms with Crippen LogP contribution in [0.15, 0.2) is 12.3 Å². The van der Waals surface area contributed by atoms with Gasteiger partial charge in [-0.3, -0.25) is 4.90 Å². The Kier molecular flexibility index (Phi) is 3.74. The molecule has 1 saturated heterocycles. The van der Waals surface area contributed by atoms with E-state index in [1.807, 2.05) is 19.2 Å². The maximum absolute atomic E-state index is 4.56. The molecule has 0 saturated carbocycles. The number of hydrogen-bond donors (Lipinski definition) is 1. The van der Waals surface area contributed by atoms with Gasteiger partial charge >= 0.3 is 0 Å². The first-order chi connectivity index (χ1) is 8.08. The minimum absolute atomic E-state index is 0.0172. The van der Waals surface area contributed by atoms with Gasteiger partial charge in [0.1, 0.15) is 5.82 Å². The molecule has 0 amide bonds. The fraction of sp³-hybridized carbons (Fsp3) is 0.692. The molecule has 1 aliphatic heterocycles. The molecular formula is C13H22N4. The third kappa shape index (κ3) is 3.23. The van der Waals surface area contributed by atoms with Crippen LogP contribution in [-0.4, -0.2) is 47.6 Å². The SMILES string of the molecule is Cc1ccnc(C(C)(C)CN2CCNCC2)n1. The first kappa shape index (κ1) is 12.5. The average Bonchev–Trinajstić information content (AvgIpc) is 2.30. The lowest BCUT2D eigenvalue weighted by molar-refractivity contribution is 0.195. The zero-order chi connectivity index (χ0) is 12.3. The fourth-order valence-electron chi connectivity index (χ4n) is 2.27. The Bertz CT molecular complexity index is 369. The van der Waals surface area contributed by atoms with Gasteiger partial charge in [0.15, 0.2) is 0 Å². The van der Waals surface area contributed by atoms with Gasteiger partial charge in [0.05, 0.1) is 0 Å². The summed E-state index contributed by atoms with van der Waals surface area (Å²) in [4.78, 5) is 11.5. The number of aryl methyl sites for hydroxylation is 1. The molecule has 0 atom stereocenters. The van der Waals surface area contributed by atoms with E-state index in [0.717, 1.165) is 44.2 Å². The molecule has 1 N–H and O–H groups in total. The number of aromatic nitrogens is 2. The quantitative estimate of drug-likeness (QED) is 0.846. The van der Waals surface area contributed by atoms with Crippen molar-refractivity contribution in [3.63, 3.8) is 0 Å². The highest BCUT2D eigenvalue weighted by Crippen LogP contribution is 2.21. The van der Waals surface area contributed by atoms with Crippen molar-refractivity contribution in [1.82, 2.24) is 20.2 Å². The van der Waals surface area contributed by atoms with Crippen molar-refractivity contribution in [2.24, 2.45) is 0 Å². The average molecular weight is 234 g/mol. The van der Waals surface area contributed by atoms with Crippen molar-refractivity contribution < 1.29 is 0 Å². The summed E-state index contributed by atoms with van der Waals surface area (Å²) in [5.74, 6) is 0.955. The Morgan fingerprint density at radius 2 is 2.06 bits per heavy atom. The van der Waals surface area contributed by atoms with E-state index in [9.17, 15) is 0 Å². The fourth-order valence-corrected chi connectivity index (χ4v) is 2.27. The van der Waals surface area contributed by atoms with Gasteiger partial charge in [-0.25, -0.2) is 9.97 Å². The van der Waals surface area contributed by atoms with Gasteiger partial charge in [-0.15, -0.1) is 0 Å². The summed E-state index contributed by atoms with van der Waals surface area (Å²) < 4.78 is 0. The summed E-state index contributed by atoms with van der Waals surface area (Å²) in [5.41, 5.74) is 1.06. The molecular weight excluding hydrogens is 212 g/mol. The van der Waals surface area contributed by atoms with E-state index in [2.05, 4.69) is 34.0 Å². The number of hydrogen-bond acceptors (Lipinski definition) is 4. The van der Waals surface area contributed by atoms with E-state index in [-0.39, 0.29) is 5.41 Å². The Morgan fingerprint density at radius 3 is 2.71 bits per heavy atom. The summed E-state index contributed by atoms with van der Waals surface area (Å²) in [6.07, 6.45) is 1.86. The van der Waals surface area contributed by atoms with Crippen LogP contribution in [0.5, 0.6) is 0 Å². The Balaban J connectivity index is 2.06. The molecule has 1 fully saturated rings. The molecule has 0 bridgehead atoms. The van der Waals surface area contributed by atoms with Crippen LogP contribution in [0.3, 0.4) is 0 Å². The monoisotopic (exact) mass is 234 g/mol. The van der Waals surface area contributed by atoms with Crippen molar-refractivity contribution in [3.05, 3.63) is 23.8 Å². The molecule has 0 unspecified atom stereocenters. The van der Waals surface area contributed by atoms with Crippen LogP contribution >= 0.6 is 0 Å². The van der Waals surface area contributed by atoms with Gasteiger partial charge in [0, 0.05) is 50.0 Å². The molecule has 0 aromatic carbocycles. The molecule has 2 rings (SSSR count). The van der Waals surface area contributed by atoms with E-state index in [4.69, 9.17) is 0 Å². The van der Waals surface area contributed by atoms with Crippen LogP contribution < -0.4 is 5.32 Å². The lowest BCUT2D eigenvalue weighted by atomic mass is 9.91. The topological polar surface area (TPSA) is 41.1 Å². The number of piperazine rings is 1. The Morgan fingerprint density at radius 1 is 1.35 bits per heavy atom. The first-order valence-corrected chi connectivity index (χ1v) is 6.31. The van der Waals surface area contributed by atoms with Crippen LogP contribution in [0.1, 0.15) is 25.4 Å². The highest BCUT2D eigenvalue weighted by molar-refractivity contribution is 5.09. The third-order valence-electron chi connectivity index (χ3n) is 3.23. The second kappa shape index (κ2) is 5.10. The summed E-state index contributed by atoms with van der Waals surface area (Å²) >= 11 is 0. The van der Waals surface area contributed by atoms with E-state index in [0.29, 0.717) is 0 Å². The van der Waals surface area contributed by atoms with E-state index >= 15 is 0 Å². The lowest BCUT2D eigenvalue weighted by Crippen LogP contribution is -2.48. The van der Waals surface area contributed by atoms with Gasteiger partial charge < -0.3 is 5.32 Å². The molecule has 1 aromatic heterocycles. The molecule has 4 heteroatoms. The third-order valence-corrected chi connectivity index (χ3v) is 3.23. The van der Waals surface area contributed by atoms with Gasteiger partial charge in [-0.1, -0.05) is 13.8 Å². The maximum atomic E-state index is 4.56. The normalized spacial score (nSPS) is 18.3. The van der Waals surface area contributed by atoms with Crippen LogP contribution in [0.2, 0.25) is 0 Å². The minimum atomic E-state index is 0.0172. The summed E-state index contributed by atoms with van der Waals surface area (Å²) in [6, 6.07) is 1.95. The molecule has 94 valence electrons. The predicted octanol–water partition coefficient (Wildman–Crippen LogP) is 0.968. The molecule has 0 aliphatic carbocycles. The first-order valence-electron chi connectivity index (χ1n) is 6.31. The van der Waals surface area contributed by atoms with E-state index < -0.39 is 0 Å². The number of rotatable bonds is 3. The van der Waals surface area contributed by atoms with Gasteiger partial charge in [-0.05, 0) is 13.0 Å². The predicted molar refractivity (Wildman–Crippen MR) is 69.1 cm³/mol. The second-order valence-corrected chi connectivity index (χ2v) is 5.43. The van der Waals surface area contributed by atoms with Gasteiger partial charge in [0.2, 0.25) is 0 Å². The molecule has 17 heavy (non-hydrogen) atoms. The molecule has 4 nitrogen and oxygen atoms in total. The zero-order valence-electron chi connectivity index (χ0n) is 11.0. The van der Waals surface area contributed by atoms with Crippen LogP contribution in [0, 0.1) is 6.92 Å². The molecule has 1 aromatic rings. The number of nitrogens with one attached hydrogen (secondary N) is 1. The summed E-state index contributed by atoms with van der Waals surface area (Å²) in [6.45, 7) is 11.9. The Hall–Kier alpha value is -1.00. The van der Waals surface area contributed by atoms with Crippen molar-refractivity contribution in [2.75, 3.05) is 32.7 Å². The smallest absolute Gasteiger partial charge is 0.135 e. The molecule has 0 spiro atoms. The van der Waals surface area contributed by atoms with Gasteiger partial charge in [-0.2, -0.15) is 0 Å². The molecule has 1 aliphatic rings. The summed E-state index contributed by atoms with van der Waals surface area (Å²) in [7, 11) is 0. The lowest BCUT2D eigenvalue weighted by Gasteiger charge is -2.34. The maximum Gasteiger partial charge on any atom is 0.135 e. The standard InChI is InChI=1S/C13H22N4/c1-11-4-5-15-12(16-11)13(2,3)10-17-8-6-14-7-9-17/h4-5,14H,6-10H2,1-3H3. The van der Waals surface area contributed by atoms with Crippen molar-refractivity contribution >= 4 is 0 Å². The largest absolute Gasteiger partial charge is 0.314 e. The van der Waals surface area contributed by atoms with Crippen molar-refractivity contribution in [3.8, 4) is 0 Å². The highest BCUT2D eigenvalue weighted by Gasteiger charge is 2.27. The van der Waals surface area contributed by atoms with Crippen LogP contribution in [0.25, 0.3) is 0 Å². The second-order valence-electron chi connectivity index (χ2n) is 5.43. The van der Waals surface area contributed by atoms with Gasteiger partial charge in [0.25, 0.3) is 0 Å². The van der Waals surface area contributed by atoms with Crippen LogP contribution in [0.4, 0.5) is 0 Å². The van der Waals surface area contributed by atoms with Crippen molar-refractivity contribution in [1.29, 1.82) is 0 Å². The highest BCUT2D eigenvalue weighted by atomic mass is 15.2.